The van der Waals surface area contributed by atoms with Crippen LogP contribution in [-0.2, 0) is 0 Å². The quantitative estimate of drug-likeness (QED) is 0.223. The second-order valence-electron chi connectivity index (χ2n) is 10.8. The number of pyridine rings is 1. The molecule has 9 nitrogen and oxygen atoms in total. The van der Waals surface area contributed by atoms with Crippen LogP contribution in [0.15, 0.2) is 42.6 Å². The number of anilines is 1. The number of amides is 2. The molecule has 41 heavy (non-hydrogen) atoms. The van der Waals surface area contributed by atoms with Gasteiger partial charge in [0.2, 0.25) is 0 Å². The average molecular weight is 569 g/mol. The van der Waals surface area contributed by atoms with Crippen molar-refractivity contribution in [1.29, 1.82) is 0 Å². The molecule has 0 bridgehead atoms. The number of rotatable bonds is 13. The average Bonchev–Trinajstić information content (AvgIpc) is 2.96. The van der Waals surface area contributed by atoms with Gasteiger partial charge in [-0.15, -0.1) is 0 Å². The number of piperidine rings is 1. The minimum absolute atomic E-state index is 0.0191. The fourth-order valence-corrected chi connectivity index (χ4v) is 4.78. The Bertz CT molecular complexity index is 1300. The SMILES string of the molecule is COc1cc2c(Oc3ccc(NC(=O)NCCC(C)C)cc3F)ccnc2cc1OCCCN1CCC(CO)CC1. The molecule has 1 fully saturated rings. The highest BCUT2D eigenvalue weighted by atomic mass is 19.1. The van der Waals surface area contributed by atoms with Gasteiger partial charge < -0.3 is 34.9 Å². The van der Waals surface area contributed by atoms with E-state index in [1.165, 1.54) is 12.1 Å². The van der Waals surface area contributed by atoms with E-state index in [9.17, 15) is 14.3 Å². The molecule has 0 radical (unpaired) electrons. The van der Waals surface area contributed by atoms with Gasteiger partial charge in [-0.3, -0.25) is 4.98 Å². The lowest BCUT2D eigenvalue weighted by molar-refractivity contribution is 0.126. The molecule has 1 saturated heterocycles. The number of fused-ring (bicyclic) bond motifs is 1. The summed E-state index contributed by atoms with van der Waals surface area (Å²) < 4.78 is 32.5. The molecule has 1 aliphatic heterocycles. The molecular weight excluding hydrogens is 527 g/mol. The number of nitrogens with one attached hydrogen (secondary N) is 2. The van der Waals surface area contributed by atoms with E-state index in [1.54, 1.807) is 37.6 Å². The number of hydrogen-bond donors (Lipinski definition) is 3. The number of urea groups is 1. The number of aromatic nitrogens is 1. The van der Waals surface area contributed by atoms with Crippen molar-refractivity contribution in [3.05, 3.63) is 48.4 Å². The molecule has 1 aliphatic rings. The highest BCUT2D eigenvalue weighted by molar-refractivity contribution is 5.90. The van der Waals surface area contributed by atoms with E-state index in [4.69, 9.17) is 14.2 Å². The van der Waals surface area contributed by atoms with Crippen LogP contribution < -0.4 is 24.8 Å². The molecule has 1 aromatic heterocycles. The predicted octanol–water partition coefficient (Wildman–Crippen LogP) is 5.82. The first-order chi connectivity index (χ1) is 19.9. The summed E-state index contributed by atoms with van der Waals surface area (Å²) >= 11 is 0. The van der Waals surface area contributed by atoms with Gasteiger partial charge in [0.1, 0.15) is 5.75 Å². The van der Waals surface area contributed by atoms with Gasteiger partial charge in [0.05, 0.1) is 19.2 Å². The number of ether oxygens (including phenoxy) is 3. The lowest BCUT2D eigenvalue weighted by Crippen LogP contribution is -2.35. The summed E-state index contributed by atoms with van der Waals surface area (Å²) in [5, 5.41) is 15.4. The van der Waals surface area contributed by atoms with Crippen molar-refractivity contribution >= 4 is 22.6 Å². The van der Waals surface area contributed by atoms with E-state index in [0.717, 1.165) is 45.3 Å². The van der Waals surface area contributed by atoms with Crippen molar-refractivity contribution in [2.45, 2.75) is 39.5 Å². The third kappa shape index (κ3) is 8.68. The lowest BCUT2D eigenvalue weighted by Gasteiger charge is -2.30. The van der Waals surface area contributed by atoms with Crippen LogP contribution in [0, 0.1) is 17.7 Å². The molecule has 10 heteroatoms. The summed E-state index contributed by atoms with van der Waals surface area (Å²) in [6, 6.07) is 9.15. The second kappa shape index (κ2) is 14.8. The van der Waals surface area contributed by atoms with Gasteiger partial charge in [-0.25, -0.2) is 9.18 Å². The maximum absolute atomic E-state index is 14.9. The number of carbonyl (C=O) groups excluding carboxylic acids is 1. The van der Waals surface area contributed by atoms with Crippen molar-refractivity contribution in [2.24, 2.45) is 11.8 Å². The number of likely N-dealkylation sites (tertiary alicyclic amines) is 1. The molecule has 0 spiro atoms. The molecule has 0 saturated carbocycles. The number of carbonyl (C=O) groups is 1. The number of hydrogen-bond acceptors (Lipinski definition) is 7. The maximum atomic E-state index is 14.9. The molecule has 222 valence electrons. The molecule has 2 amide bonds. The third-order valence-corrected chi connectivity index (χ3v) is 7.25. The Morgan fingerprint density at radius 1 is 1.12 bits per heavy atom. The normalized spacial score (nSPS) is 14.3. The highest BCUT2D eigenvalue weighted by Crippen LogP contribution is 2.38. The van der Waals surface area contributed by atoms with Crippen molar-refractivity contribution in [3.8, 4) is 23.0 Å². The van der Waals surface area contributed by atoms with Gasteiger partial charge in [-0.2, -0.15) is 0 Å². The summed E-state index contributed by atoms with van der Waals surface area (Å²) in [4.78, 5) is 18.9. The first kappa shape index (κ1) is 30.3. The smallest absolute Gasteiger partial charge is 0.319 e. The Morgan fingerprint density at radius 2 is 1.93 bits per heavy atom. The van der Waals surface area contributed by atoms with E-state index in [2.05, 4.69) is 34.4 Å². The number of aliphatic hydroxyl groups excluding tert-OH is 1. The number of halogens is 1. The zero-order valence-electron chi connectivity index (χ0n) is 24.1. The fourth-order valence-electron chi connectivity index (χ4n) is 4.78. The van der Waals surface area contributed by atoms with E-state index >= 15 is 0 Å². The van der Waals surface area contributed by atoms with Crippen LogP contribution in [0.25, 0.3) is 10.9 Å². The Balaban J connectivity index is 1.37. The van der Waals surface area contributed by atoms with Crippen molar-refractivity contribution in [2.75, 3.05) is 51.8 Å². The second-order valence-corrected chi connectivity index (χ2v) is 10.8. The zero-order valence-corrected chi connectivity index (χ0v) is 24.1. The number of nitrogens with zero attached hydrogens (tertiary/aromatic N) is 2. The summed E-state index contributed by atoms with van der Waals surface area (Å²) in [6.45, 7) is 8.45. The zero-order chi connectivity index (χ0) is 29.2. The van der Waals surface area contributed by atoms with Crippen LogP contribution in [0.2, 0.25) is 0 Å². The van der Waals surface area contributed by atoms with Gasteiger partial charge in [-0.1, -0.05) is 13.8 Å². The van der Waals surface area contributed by atoms with E-state index in [1.807, 2.05) is 0 Å². The summed E-state index contributed by atoms with van der Waals surface area (Å²) in [5.41, 5.74) is 0.954. The third-order valence-electron chi connectivity index (χ3n) is 7.25. The predicted molar refractivity (Wildman–Crippen MR) is 158 cm³/mol. The summed E-state index contributed by atoms with van der Waals surface area (Å²) in [6.07, 6.45) is 5.39. The van der Waals surface area contributed by atoms with E-state index < -0.39 is 5.82 Å². The van der Waals surface area contributed by atoms with Crippen molar-refractivity contribution < 1.29 is 28.5 Å². The standard InChI is InChI=1S/C31H41FN4O5/c1-21(2)7-11-34-31(38)35-23-5-6-28(25(32)17-23)41-27-8-12-33-26-19-30(29(39-3)18-24(26)27)40-16-4-13-36-14-9-22(20-37)10-15-36/h5-6,8,12,17-19,21-22,37H,4,7,9-11,13-16,20H2,1-3H3,(H2,34,35,38). The van der Waals surface area contributed by atoms with Crippen LogP contribution in [0.1, 0.15) is 39.5 Å². The fraction of sp³-hybridized carbons (Fsp3) is 0.484. The first-order valence-corrected chi connectivity index (χ1v) is 14.3. The number of benzene rings is 2. The van der Waals surface area contributed by atoms with Gasteiger partial charge in [-0.05, 0) is 74.9 Å². The Kier molecular flexibility index (Phi) is 11.0. The molecule has 0 aliphatic carbocycles. The van der Waals surface area contributed by atoms with Crippen LogP contribution in [0.5, 0.6) is 23.0 Å². The van der Waals surface area contributed by atoms with Crippen LogP contribution in [0.3, 0.4) is 0 Å². The molecule has 2 heterocycles. The Morgan fingerprint density at radius 3 is 2.63 bits per heavy atom. The molecule has 3 aromatic rings. The summed E-state index contributed by atoms with van der Waals surface area (Å²) in [7, 11) is 1.57. The largest absolute Gasteiger partial charge is 0.493 e. The monoisotopic (exact) mass is 568 g/mol. The van der Waals surface area contributed by atoms with E-state index in [-0.39, 0.29) is 18.4 Å². The number of aliphatic hydroxyl groups is 1. The molecular formula is C31H41FN4O5. The van der Waals surface area contributed by atoms with Crippen LogP contribution in [0.4, 0.5) is 14.9 Å². The van der Waals surface area contributed by atoms with E-state index in [0.29, 0.717) is 58.8 Å². The van der Waals surface area contributed by atoms with Crippen LogP contribution in [-0.4, -0.2) is 67.5 Å². The molecule has 3 N–H and O–H groups in total. The Hall–Kier alpha value is -3.63. The van der Waals surface area contributed by atoms with Crippen molar-refractivity contribution in [1.82, 2.24) is 15.2 Å². The number of methoxy groups -OCH3 is 1. The van der Waals surface area contributed by atoms with Gasteiger partial charge >= 0.3 is 6.03 Å². The topological polar surface area (TPSA) is 105 Å². The molecule has 0 unspecified atom stereocenters. The molecule has 0 atom stereocenters. The highest BCUT2D eigenvalue weighted by Gasteiger charge is 2.18. The molecule has 2 aromatic carbocycles. The van der Waals surface area contributed by atoms with Gasteiger partial charge in [0, 0.05) is 49.1 Å². The maximum Gasteiger partial charge on any atom is 0.319 e. The Labute approximate surface area is 241 Å². The lowest BCUT2D eigenvalue weighted by atomic mass is 9.98. The van der Waals surface area contributed by atoms with Crippen molar-refractivity contribution in [3.63, 3.8) is 0 Å². The van der Waals surface area contributed by atoms with Crippen LogP contribution >= 0.6 is 0 Å². The first-order valence-electron chi connectivity index (χ1n) is 14.3. The minimum Gasteiger partial charge on any atom is -0.493 e. The summed E-state index contributed by atoms with van der Waals surface area (Å²) in [5.74, 6) is 1.84. The molecule has 4 rings (SSSR count). The van der Waals surface area contributed by atoms with Gasteiger partial charge in [0.25, 0.3) is 0 Å². The minimum atomic E-state index is -0.609. The van der Waals surface area contributed by atoms with Gasteiger partial charge in [0.15, 0.2) is 23.1 Å².